The van der Waals surface area contributed by atoms with E-state index in [9.17, 15) is 4.79 Å². The Morgan fingerprint density at radius 2 is 1.58 bits per heavy atom. The van der Waals surface area contributed by atoms with Gasteiger partial charge in [-0.15, -0.1) is 0 Å². The molecule has 3 nitrogen and oxygen atoms in total. The van der Waals surface area contributed by atoms with Gasteiger partial charge in [0.2, 0.25) is 0 Å². The number of hydrogen-bond donors (Lipinski definition) is 2. The molecular formula is C21H30N2O. The Balaban J connectivity index is 1.32. The van der Waals surface area contributed by atoms with Crippen LogP contribution in [0.15, 0.2) is 24.3 Å². The second-order valence-corrected chi connectivity index (χ2v) is 8.90. The highest BCUT2D eigenvalue weighted by molar-refractivity contribution is 5.75. The van der Waals surface area contributed by atoms with Crippen molar-refractivity contribution >= 4 is 6.03 Å². The number of benzene rings is 1. The highest BCUT2D eigenvalue weighted by Crippen LogP contribution is 2.55. The van der Waals surface area contributed by atoms with Crippen LogP contribution in [0.4, 0.5) is 4.79 Å². The molecule has 0 aliphatic heterocycles. The molecule has 4 aliphatic carbocycles. The van der Waals surface area contributed by atoms with E-state index in [1.807, 2.05) is 0 Å². The molecule has 3 heteroatoms. The highest BCUT2D eigenvalue weighted by Gasteiger charge is 2.51. The largest absolute Gasteiger partial charge is 0.334 e. The predicted octanol–water partition coefficient (Wildman–Crippen LogP) is 4.58. The van der Waals surface area contributed by atoms with E-state index in [1.54, 1.807) is 0 Å². The smallest absolute Gasteiger partial charge is 0.315 e. The van der Waals surface area contributed by atoms with Crippen molar-refractivity contribution in [2.75, 3.05) is 0 Å². The van der Waals surface area contributed by atoms with Crippen molar-refractivity contribution in [3.63, 3.8) is 0 Å². The zero-order chi connectivity index (χ0) is 16.7. The number of carbonyl (C=O) groups is 1. The molecule has 1 aromatic rings. The van der Waals surface area contributed by atoms with Crippen molar-refractivity contribution in [1.29, 1.82) is 0 Å². The van der Waals surface area contributed by atoms with Crippen molar-refractivity contribution in [2.24, 2.45) is 17.8 Å². The minimum absolute atomic E-state index is 0.0184. The van der Waals surface area contributed by atoms with Crippen LogP contribution in [-0.2, 0) is 6.54 Å². The van der Waals surface area contributed by atoms with E-state index in [4.69, 9.17) is 0 Å². The Morgan fingerprint density at radius 3 is 2.08 bits per heavy atom. The van der Waals surface area contributed by atoms with Gasteiger partial charge in [0.15, 0.2) is 0 Å². The minimum atomic E-state index is 0.0184. The third-order valence-corrected chi connectivity index (χ3v) is 6.52. The zero-order valence-electron chi connectivity index (χ0n) is 15.0. The molecule has 130 valence electrons. The molecule has 0 aromatic heterocycles. The minimum Gasteiger partial charge on any atom is -0.334 e. The molecule has 24 heavy (non-hydrogen) atoms. The second-order valence-electron chi connectivity index (χ2n) is 8.90. The molecule has 0 saturated heterocycles. The van der Waals surface area contributed by atoms with Gasteiger partial charge in [-0.25, -0.2) is 4.79 Å². The normalized spacial score (nSPS) is 33.7. The quantitative estimate of drug-likeness (QED) is 0.835. The summed E-state index contributed by atoms with van der Waals surface area (Å²) in [5.74, 6) is 3.13. The highest BCUT2D eigenvalue weighted by atomic mass is 16.2. The third-order valence-electron chi connectivity index (χ3n) is 6.52. The Kier molecular flexibility index (Phi) is 4.06. The van der Waals surface area contributed by atoms with Crippen molar-refractivity contribution in [1.82, 2.24) is 10.6 Å². The van der Waals surface area contributed by atoms with Crippen LogP contribution in [0.3, 0.4) is 0 Å². The first-order valence-corrected chi connectivity index (χ1v) is 9.66. The molecule has 2 amide bonds. The van der Waals surface area contributed by atoms with Crippen LogP contribution in [0.1, 0.15) is 69.4 Å². The number of hydrogen-bond acceptors (Lipinski definition) is 1. The maximum Gasteiger partial charge on any atom is 0.315 e. The van der Waals surface area contributed by atoms with Crippen molar-refractivity contribution in [2.45, 2.75) is 70.4 Å². The summed E-state index contributed by atoms with van der Waals surface area (Å²) in [6.07, 6.45) is 7.83. The van der Waals surface area contributed by atoms with Gasteiger partial charge in [0.05, 0.1) is 0 Å². The lowest BCUT2D eigenvalue weighted by atomic mass is 9.53. The first kappa shape index (κ1) is 16.0. The molecule has 4 fully saturated rings. The third kappa shape index (κ3) is 3.18. The van der Waals surface area contributed by atoms with Gasteiger partial charge in [0.25, 0.3) is 0 Å². The SMILES string of the molecule is CC(C)c1ccc(CNC(=O)NC23CC4CC(CC(C4)C2)C3)cc1. The van der Waals surface area contributed by atoms with E-state index in [2.05, 4.69) is 48.7 Å². The fraction of sp³-hybridized carbons (Fsp3) is 0.667. The Hall–Kier alpha value is -1.51. The average molecular weight is 326 g/mol. The van der Waals surface area contributed by atoms with Gasteiger partial charge in [-0.3, -0.25) is 0 Å². The van der Waals surface area contributed by atoms with Crippen molar-refractivity contribution in [3.05, 3.63) is 35.4 Å². The van der Waals surface area contributed by atoms with Crippen LogP contribution in [0.5, 0.6) is 0 Å². The predicted molar refractivity (Wildman–Crippen MR) is 96.8 cm³/mol. The number of nitrogens with one attached hydrogen (secondary N) is 2. The molecule has 0 heterocycles. The summed E-state index contributed by atoms with van der Waals surface area (Å²) in [6.45, 7) is 5.01. The lowest BCUT2D eigenvalue weighted by Crippen LogP contribution is -2.61. The van der Waals surface area contributed by atoms with E-state index in [1.165, 1.54) is 49.7 Å². The van der Waals surface area contributed by atoms with Gasteiger partial charge in [0, 0.05) is 12.1 Å². The summed E-state index contributed by atoms with van der Waals surface area (Å²) in [4.78, 5) is 12.5. The van der Waals surface area contributed by atoms with E-state index in [-0.39, 0.29) is 11.6 Å². The van der Waals surface area contributed by atoms with Crippen molar-refractivity contribution in [3.8, 4) is 0 Å². The number of amides is 2. The summed E-state index contributed by atoms with van der Waals surface area (Å²) in [6, 6.07) is 8.60. The number of urea groups is 1. The summed E-state index contributed by atoms with van der Waals surface area (Å²) < 4.78 is 0. The summed E-state index contributed by atoms with van der Waals surface area (Å²) >= 11 is 0. The molecule has 0 atom stereocenters. The molecule has 4 saturated carbocycles. The van der Waals surface area contributed by atoms with E-state index in [0.29, 0.717) is 12.5 Å². The number of carbonyl (C=O) groups excluding carboxylic acids is 1. The van der Waals surface area contributed by atoms with Gasteiger partial charge < -0.3 is 10.6 Å². The molecule has 2 N–H and O–H groups in total. The standard InChI is InChI=1S/C21H30N2O/c1-14(2)19-5-3-15(4-6-19)13-22-20(24)23-21-10-16-7-17(11-21)9-18(8-16)12-21/h3-6,14,16-18H,7-13H2,1-2H3,(H2,22,23,24). The van der Waals surface area contributed by atoms with Gasteiger partial charge in [-0.1, -0.05) is 38.1 Å². The fourth-order valence-electron chi connectivity index (χ4n) is 5.75. The van der Waals surface area contributed by atoms with E-state index < -0.39 is 0 Å². The molecule has 4 bridgehead atoms. The van der Waals surface area contributed by atoms with Gasteiger partial charge >= 0.3 is 6.03 Å². The van der Waals surface area contributed by atoms with Crippen LogP contribution >= 0.6 is 0 Å². The van der Waals surface area contributed by atoms with Gasteiger partial charge in [0.1, 0.15) is 0 Å². The molecule has 0 spiro atoms. The summed E-state index contributed by atoms with van der Waals surface area (Å²) in [5, 5.41) is 6.45. The zero-order valence-corrected chi connectivity index (χ0v) is 15.0. The van der Waals surface area contributed by atoms with Crippen molar-refractivity contribution < 1.29 is 4.79 Å². The maximum absolute atomic E-state index is 12.5. The van der Waals surface area contributed by atoms with Crippen LogP contribution in [0, 0.1) is 17.8 Å². The molecule has 0 radical (unpaired) electrons. The topological polar surface area (TPSA) is 41.1 Å². The van der Waals surface area contributed by atoms with Crippen LogP contribution in [0.25, 0.3) is 0 Å². The lowest BCUT2D eigenvalue weighted by Gasteiger charge is -2.56. The van der Waals surface area contributed by atoms with E-state index >= 15 is 0 Å². The Morgan fingerprint density at radius 1 is 1.04 bits per heavy atom. The first-order chi connectivity index (χ1) is 11.5. The van der Waals surface area contributed by atoms with Crippen LogP contribution in [-0.4, -0.2) is 11.6 Å². The second kappa shape index (κ2) is 6.09. The first-order valence-electron chi connectivity index (χ1n) is 9.66. The van der Waals surface area contributed by atoms with Crippen LogP contribution < -0.4 is 10.6 Å². The molecule has 1 aromatic carbocycles. The lowest BCUT2D eigenvalue weighted by molar-refractivity contribution is -0.0135. The molecule has 5 rings (SSSR count). The summed E-state index contributed by atoms with van der Waals surface area (Å²) in [7, 11) is 0. The van der Waals surface area contributed by atoms with E-state index in [0.717, 1.165) is 17.8 Å². The van der Waals surface area contributed by atoms with Gasteiger partial charge in [-0.05, 0) is 73.3 Å². The molecular weight excluding hydrogens is 296 g/mol. The molecule has 0 unspecified atom stereocenters. The summed E-state index contributed by atoms with van der Waals surface area (Å²) in [5.41, 5.74) is 2.61. The fourth-order valence-corrected chi connectivity index (χ4v) is 5.75. The average Bonchev–Trinajstić information content (AvgIpc) is 2.51. The Labute approximate surface area is 145 Å². The van der Waals surface area contributed by atoms with Crippen LogP contribution in [0.2, 0.25) is 0 Å². The monoisotopic (exact) mass is 326 g/mol. The molecule has 4 aliphatic rings. The van der Waals surface area contributed by atoms with Gasteiger partial charge in [-0.2, -0.15) is 0 Å². The maximum atomic E-state index is 12.5. The Bertz CT molecular complexity index is 569. The number of rotatable bonds is 4.